The lowest BCUT2D eigenvalue weighted by Gasteiger charge is -2.26. The van der Waals surface area contributed by atoms with Crippen LogP contribution in [0.4, 0.5) is 9.93 Å². The van der Waals surface area contributed by atoms with Crippen molar-refractivity contribution in [3.05, 3.63) is 58.6 Å². The predicted molar refractivity (Wildman–Crippen MR) is 119 cm³/mol. The molecule has 1 fully saturated rings. The van der Waals surface area contributed by atoms with Gasteiger partial charge in [0.2, 0.25) is 0 Å². The molecule has 0 atom stereocenters. The van der Waals surface area contributed by atoms with Crippen molar-refractivity contribution in [2.24, 2.45) is 0 Å². The van der Waals surface area contributed by atoms with Crippen molar-refractivity contribution >= 4 is 39.2 Å². The van der Waals surface area contributed by atoms with Gasteiger partial charge in [0.05, 0.1) is 12.2 Å². The van der Waals surface area contributed by atoms with Crippen LogP contribution in [-0.4, -0.2) is 34.4 Å². The summed E-state index contributed by atoms with van der Waals surface area (Å²) in [7, 11) is 0. The Balaban J connectivity index is 1.29. The second kappa shape index (κ2) is 8.07. The van der Waals surface area contributed by atoms with E-state index in [-0.39, 0.29) is 18.0 Å². The maximum atomic E-state index is 13.2. The predicted octanol–water partition coefficient (Wildman–Crippen LogP) is 4.56. The van der Waals surface area contributed by atoms with Crippen molar-refractivity contribution in [3.63, 3.8) is 0 Å². The molecule has 0 radical (unpaired) electrons. The number of thiazole rings is 1. The summed E-state index contributed by atoms with van der Waals surface area (Å²) >= 11 is 1.46. The number of nitrogens with zero attached hydrogens (tertiary/aromatic N) is 2. The van der Waals surface area contributed by atoms with Gasteiger partial charge in [0.1, 0.15) is 0 Å². The average molecular weight is 421 g/mol. The van der Waals surface area contributed by atoms with Crippen LogP contribution in [0, 0.1) is 0 Å². The molecule has 6 nitrogen and oxygen atoms in total. The largest absolute Gasteiger partial charge is 0.335 e. The molecule has 2 aromatic carbocycles. The van der Waals surface area contributed by atoms with E-state index in [2.05, 4.69) is 15.6 Å². The highest BCUT2D eigenvalue weighted by Gasteiger charge is 2.26. The molecule has 2 heterocycles. The first-order valence-electron chi connectivity index (χ1n) is 10.5. The van der Waals surface area contributed by atoms with E-state index in [0.717, 1.165) is 39.7 Å². The molecule has 0 spiro atoms. The second-order valence-electron chi connectivity index (χ2n) is 7.97. The van der Waals surface area contributed by atoms with Gasteiger partial charge in [-0.05, 0) is 29.7 Å². The summed E-state index contributed by atoms with van der Waals surface area (Å²) in [6, 6.07) is 13.9. The Morgan fingerprint density at radius 2 is 1.87 bits per heavy atom. The van der Waals surface area contributed by atoms with Crippen molar-refractivity contribution < 1.29 is 9.59 Å². The molecule has 0 bridgehead atoms. The molecule has 1 aliphatic carbocycles. The smallest absolute Gasteiger partial charge is 0.321 e. The number of rotatable bonds is 3. The van der Waals surface area contributed by atoms with Gasteiger partial charge in [0, 0.05) is 29.4 Å². The van der Waals surface area contributed by atoms with Crippen molar-refractivity contribution in [2.45, 2.75) is 44.7 Å². The van der Waals surface area contributed by atoms with Crippen molar-refractivity contribution in [1.82, 2.24) is 15.2 Å². The highest BCUT2D eigenvalue weighted by atomic mass is 32.1. The first-order valence-corrected chi connectivity index (χ1v) is 11.3. The SMILES string of the molecule is O=C(Nc1nc2c(s1)CN(C(=O)c1cccc3ccccc13)CC2)NC1CCCC1. The van der Waals surface area contributed by atoms with E-state index in [1.807, 2.05) is 47.4 Å². The summed E-state index contributed by atoms with van der Waals surface area (Å²) in [6.45, 7) is 1.16. The van der Waals surface area contributed by atoms with E-state index in [0.29, 0.717) is 24.6 Å². The van der Waals surface area contributed by atoms with Gasteiger partial charge in [0.25, 0.3) is 5.91 Å². The highest BCUT2D eigenvalue weighted by Crippen LogP contribution is 2.30. The summed E-state index contributed by atoms with van der Waals surface area (Å²) in [6.07, 6.45) is 5.16. The summed E-state index contributed by atoms with van der Waals surface area (Å²) in [5.41, 5.74) is 1.72. The molecule has 5 rings (SSSR count). The summed E-state index contributed by atoms with van der Waals surface area (Å²) in [5, 5.41) is 8.56. The Morgan fingerprint density at radius 1 is 1.07 bits per heavy atom. The highest BCUT2D eigenvalue weighted by molar-refractivity contribution is 7.15. The zero-order valence-corrected chi connectivity index (χ0v) is 17.5. The fourth-order valence-corrected chi connectivity index (χ4v) is 5.41. The molecule has 1 aliphatic heterocycles. The monoisotopic (exact) mass is 420 g/mol. The lowest BCUT2D eigenvalue weighted by atomic mass is 10.0. The fraction of sp³-hybridized carbons (Fsp3) is 0.348. The molecule has 0 unspecified atom stereocenters. The number of urea groups is 1. The lowest BCUT2D eigenvalue weighted by molar-refractivity contribution is 0.0738. The number of fused-ring (bicyclic) bond motifs is 2. The Hall–Kier alpha value is -2.93. The number of hydrogen-bond donors (Lipinski definition) is 2. The first-order chi connectivity index (χ1) is 14.7. The number of amides is 3. The van der Waals surface area contributed by atoms with Gasteiger partial charge < -0.3 is 10.2 Å². The van der Waals surface area contributed by atoms with Crippen LogP contribution < -0.4 is 10.6 Å². The molecule has 2 N–H and O–H groups in total. The molecular weight excluding hydrogens is 396 g/mol. The number of anilines is 1. The summed E-state index contributed by atoms with van der Waals surface area (Å²) < 4.78 is 0. The third-order valence-electron chi connectivity index (χ3n) is 5.95. The number of aromatic nitrogens is 1. The van der Waals surface area contributed by atoms with Crippen LogP contribution in [0.15, 0.2) is 42.5 Å². The molecule has 7 heteroatoms. The van der Waals surface area contributed by atoms with Crippen molar-refractivity contribution in [1.29, 1.82) is 0 Å². The Morgan fingerprint density at radius 3 is 2.73 bits per heavy atom. The van der Waals surface area contributed by atoms with Crippen LogP contribution in [0.2, 0.25) is 0 Å². The van der Waals surface area contributed by atoms with Gasteiger partial charge in [0.15, 0.2) is 5.13 Å². The van der Waals surface area contributed by atoms with Crippen LogP contribution >= 0.6 is 11.3 Å². The quantitative estimate of drug-likeness (QED) is 0.652. The van der Waals surface area contributed by atoms with Crippen LogP contribution in [-0.2, 0) is 13.0 Å². The summed E-state index contributed by atoms with van der Waals surface area (Å²) in [4.78, 5) is 33.0. The number of nitrogens with one attached hydrogen (secondary N) is 2. The van der Waals surface area contributed by atoms with Gasteiger partial charge in [-0.1, -0.05) is 60.6 Å². The Bertz CT molecular complexity index is 1100. The molecule has 154 valence electrons. The molecule has 30 heavy (non-hydrogen) atoms. The third kappa shape index (κ3) is 3.77. The molecule has 1 aromatic heterocycles. The minimum atomic E-state index is -0.184. The Kier molecular flexibility index (Phi) is 5.12. The van der Waals surface area contributed by atoms with E-state index >= 15 is 0 Å². The fourth-order valence-electron chi connectivity index (χ4n) is 4.39. The number of carbonyl (C=O) groups excluding carboxylic acids is 2. The zero-order chi connectivity index (χ0) is 20.5. The molecule has 0 saturated heterocycles. The van der Waals surface area contributed by atoms with E-state index < -0.39 is 0 Å². The van der Waals surface area contributed by atoms with Crippen LogP contribution in [0.1, 0.15) is 46.6 Å². The first kappa shape index (κ1) is 19.1. The van der Waals surface area contributed by atoms with E-state index in [1.165, 1.54) is 24.2 Å². The average Bonchev–Trinajstić information content (AvgIpc) is 3.41. The second-order valence-corrected chi connectivity index (χ2v) is 9.06. The van der Waals surface area contributed by atoms with E-state index in [1.54, 1.807) is 0 Å². The van der Waals surface area contributed by atoms with Crippen LogP contribution in [0.5, 0.6) is 0 Å². The van der Waals surface area contributed by atoms with Crippen molar-refractivity contribution in [2.75, 3.05) is 11.9 Å². The zero-order valence-electron chi connectivity index (χ0n) is 16.7. The molecule has 2 aliphatic rings. The van der Waals surface area contributed by atoms with Gasteiger partial charge in [-0.2, -0.15) is 0 Å². The normalized spacial score (nSPS) is 16.5. The summed E-state index contributed by atoms with van der Waals surface area (Å²) in [5.74, 6) is 0.0411. The third-order valence-corrected chi connectivity index (χ3v) is 6.95. The minimum Gasteiger partial charge on any atom is -0.335 e. The van der Waals surface area contributed by atoms with E-state index in [9.17, 15) is 9.59 Å². The maximum absolute atomic E-state index is 13.2. The number of benzene rings is 2. The molecular formula is C23H24N4O2S. The van der Waals surface area contributed by atoms with Gasteiger partial charge >= 0.3 is 6.03 Å². The lowest BCUT2D eigenvalue weighted by Crippen LogP contribution is -2.36. The molecule has 3 aromatic rings. The maximum Gasteiger partial charge on any atom is 0.321 e. The topological polar surface area (TPSA) is 74.3 Å². The standard InChI is InChI=1S/C23H24N4O2S/c28-21(18-11-5-7-15-6-1-4-10-17(15)18)27-13-12-19-20(14-27)30-23(25-19)26-22(29)24-16-8-2-3-9-16/h1,4-7,10-11,16H,2-3,8-9,12-14H2,(H2,24,25,26,29). The minimum absolute atomic E-state index is 0.0411. The number of carbonyl (C=O) groups is 2. The van der Waals surface area contributed by atoms with Gasteiger partial charge in [-0.3, -0.25) is 10.1 Å². The van der Waals surface area contributed by atoms with Crippen LogP contribution in [0.25, 0.3) is 10.8 Å². The van der Waals surface area contributed by atoms with E-state index in [4.69, 9.17) is 0 Å². The van der Waals surface area contributed by atoms with Gasteiger partial charge in [-0.15, -0.1) is 0 Å². The van der Waals surface area contributed by atoms with Crippen LogP contribution in [0.3, 0.4) is 0 Å². The van der Waals surface area contributed by atoms with Crippen molar-refractivity contribution in [3.8, 4) is 0 Å². The molecule has 1 saturated carbocycles. The molecule has 3 amide bonds. The number of hydrogen-bond acceptors (Lipinski definition) is 4. The van der Waals surface area contributed by atoms with Gasteiger partial charge in [-0.25, -0.2) is 9.78 Å². The Labute approximate surface area is 179 Å².